The van der Waals surface area contributed by atoms with E-state index in [0.717, 1.165) is 16.2 Å². The van der Waals surface area contributed by atoms with Gasteiger partial charge in [-0.2, -0.15) is 11.8 Å². The second kappa shape index (κ2) is 2.26. The van der Waals surface area contributed by atoms with Gasteiger partial charge < -0.3 is 0 Å². The van der Waals surface area contributed by atoms with E-state index in [2.05, 4.69) is 23.9 Å². The highest BCUT2D eigenvalue weighted by Crippen LogP contribution is 2.76. The largest absolute Gasteiger partial charge is 0.161 e. The van der Waals surface area contributed by atoms with Crippen LogP contribution in [0.3, 0.4) is 0 Å². The van der Waals surface area contributed by atoms with E-state index in [1.54, 1.807) is 25.7 Å². The molecule has 2 atom stereocenters. The highest BCUT2D eigenvalue weighted by molar-refractivity contribution is 7.99. The van der Waals surface area contributed by atoms with Crippen molar-refractivity contribution in [3.63, 3.8) is 0 Å². The van der Waals surface area contributed by atoms with Crippen LogP contribution in [0.4, 0.5) is 0 Å². The summed E-state index contributed by atoms with van der Waals surface area (Å²) in [7, 11) is 0. The van der Waals surface area contributed by atoms with E-state index in [1.165, 1.54) is 24.3 Å². The lowest BCUT2D eigenvalue weighted by atomic mass is 9.62. The Morgan fingerprint density at radius 3 is 1.93 bits per heavy atom. The lowest BCUT2D eigenvalue weighted by Gasteiger charge is -2.41. The van der Waals surface area contributed by atoms with Gasteiger partial charge in [-0.3, -0.25) is 0 Å². The van der Waals surface area contributed by atoms with Crippen LogP contribution in [0.15, 0.2) is 12.2 Å². The van der Waals surface area contributed by atoms with Gasteiger partial charge in [0.2, 0.25) is 0 Å². The fraction of sp³-hybridized carbons (Fsp3) is 0.846. The van der Waals surface area contributed by atoms with Crippen molar-refractivity contribution < 1.29 is 0 Å². The maximum absolute atomic E-state index is 2.48. The van der Waals surface area contributed by atoms with E-state index in [-0.39, 0.29) is 0 Å². The van der Waals surface area contributed by atoms with Gasteiger partial charge in [-0.1, -0.05) is 12.2 Å². The molecule has 0 nitrogen and oxygen atoms in total. The van der Waals surface area contributed by atoms with Gasteiger partial charge in [0.25, 0.3) is 0 Å². The third-order valence-electron chi connectivity index (χ3n) is 5.45. The van der Waals surface area contributed by atoms with Gasteiger partial charge in [0.1, 0.15) is 0 Å². The summed E-state index contributed by atoms with van der Waals surface area (Å²) in [5.41, 5.74) is 2.36. The Hall–Kier alpha value is 0.0900. The third kappa shape index (κ3) is 0.801. The van der Waals surface area contributed by atoms with Crippen molar-refractivity contribution in [2.24, 2.45) is 16.2 Å². The molecule has 14 heavy (non-hydrogen) atoms. The van der Waals surface area contributed by atoms with Crippen LogP contribution in [0.1, 0.15) is 38.5 Å². The quantitative estimate of drug-likeness (QED) is 0.545. The lowest BCUT2D eigenvalue weighted by molar-refractivity contribution is 0.131. The summed E-state index contributed by atoms with van der Waals surface area (Å²) in [6, 6.07) is 0. The van der Waals surface area contributed by atoms with Crippen molar-refractivity contribution in [3.05, 3.63) is 12.2 Å². The predicted molar refractivity (Wildman–Crippen MR) is 61.5 cm³/mol. The first-order valence-electron chi connectivity index (χ1n) is 6.01. The fourth-order valence-electron chi connectivity index (χ4n) is 4.57. The van der Waals surface area contributed by atoms with Crippen molar-refractivity contribution in [3.8, 4) is 0 Å². The van der Waals surface area contributed by atoms with Crippen LogP contribution < -0.4 is 0 Å². The first-order chi connectivity index (χ1) is 6.79. The zero-order valence-corrected chi connectivity index (χ0v) is 9.54. The minimum Gasteiger partial charge on any atom is -0.161 e. The molecule has 0 amide bonds. The maximum atomic E-state index is 2.48. The Bertz CT molecular complexity index is 289. The Balaban J connectivity index is 1.82. The molecule has 3 aliphatic carbocycles. The van der Waals surface area contributed by atoms with Crippen LogP contribution in [0.2, 0.25) is 0 Å². The van der Waals surface area contributed by atoms with Gasteiger partial charge in [0.15, 0.2) is 0 Å². The molecule has 1 spiro atoms. The van der Waals surface area contributed by atoms with Crippen LogP contribution in [-0.2, 0) is 0 Å². The summed E-state index contributed by atoms with van der Waals surface area (Å²) in [5.74, 6) is 2.94. The van der Waals surface area contributed by atoms with Crippen molar-refractivity contribution in [1.29, 1.82) is 0 Å². The second-order valence-corrected chi connectivity index (χ2v) is 7.27. The molecule has 0 radical (unpaired) electrons. The summed E-state index contributed by atoms with van der Waals surface area (Å²) in [5, 5.41) is 0. The molecule has 0 aromatic heterocycles. The van der Waals surface area contributed by atoms with Gasteiger partial charge in [0, 0.05) is 0 Å². The monoisotopic (exact) mass is 206 g/mol. The summed E-state index contributed by atoms with van der Waals surface area (Å²) >= 11 is 2.24. The fourth-order valence-corrected chi connectivity index (χ4v) is 6.50. The van der Waals surface area contributed by atoms with Gasteiger partial charge in [-0.15, -0.1) is 0 Å². The smallest absolute Gasteiger partial charge is 0.000168 e. The van der Waals surface area contributed by atoms with E-state index in [0.29, 0.717) is 0 Å². The molecular formula is C13H18S. The normalized spacial score (nSPS) is 52.0. The first-order valence-corrected chi connectivity index (χ1v) is 7.17. The van der Waals surface area contributed by atoms with E-state index >= 15 is 0 Å². The summed E-state index contributed by atoms with van der Waals surface area (Å²) < 4.78 is 0. The zero-order valence-electron chi connectivity index (χ0n) is 8.72. The molecule has 0 aromatic carbocycles. The first kappa shape index (κ1) is 8.27. The van der Waals surface area contributed by atoms with Crippen LogP contribution >= 0.6 is 11.8 Å². The predicted octanol–water partition coefficient (Wildman–Crippen LogP) is 3.63. The van der Waals surface area contributed by atoms with E-state index in [1.807, 2.05) is 0 Å². The minimum atomic E-state index is 0.753. The Morgan fingerprint density at radius 2 is 1.43 bits per heavy atom. The van der Waals surface area contributed by atoms with E-state index in [9.17, 15) is 0 Å². The second-order valence-electron chi connectivity index (χ2n) is 6.29. The zero-order chi connectivity index (χ0) is 9.28. The highest BCUT2D eigenvalue weighted by atomic mass is 32.2. The Labute approximate surface area is 90.5 Å². The average Bonchev–Trinajstić information content (AvgIpc) is 2.71. The number of thioether (sulfide) groups is 1. The molecule has 4 rings (SSSR count). The molecule has 3 fully saturated rings. The van der Waals surface area contributed by atoms with Crippen molar-refractivity contribution >= 4 is 11.8 Å². The topological polar surface area (TPSA) is 0 Å². The third-order valence-corrected chi connectivity index (χ3v) is 6.96. The number of allylic oxidation sites excluding steroid dienone is 2. The molecule has 4 aliphatic rings. The van der Waals surface area contributed by atoms with Gasteiger partial charge >= 0.3 is 0 Å². The maximum Gasteiger partial charge on any atom is -0.000168 e. The van der Waals surface area contributed by atoms with Crippen LogP contribution in [0.25, 0.3) is 0 Å². The summed E-state index contributed by atoms with van der Waals surface area (Å²) in [6.45, 7) is 0. The molecule has 2 saturated carbocycles. The molecule has 76 valence electrons. The molecule has 1 saturated heterocycles. The van der Waals surface area contributed by atoms with Gasteiger partial charge in [-0.05, 0) is 66.3 Å². The molecule has 0 bridgehead atoms. The summed E-state index contributed by atoms with van der Waals surface area (Å²) in [4.78, 5) is 0. The van der Waals surface area contributed by atoms with Crippen LogP contribution in [0, 0.1) is 16.2 Å². The Morgan fingerprint density at radius 1 is 0.857 bits per heavy atom. The number of hydrogen-bond donors (Lipinski definition) is 0. The standard InChI is InChI=1S/C13H18S/c1-2-4-13-8-11(5-6-11)7-12(13,3-1)9-14-10-13/h1-2H,3-10H2. The van der Waals surface area contributed by atoms with Crippen molar-refractivity contribution in [2.75, 3.05) is 11.5 Å². The van der Waals surface area contributed by atoms with Gasteiger partial charge in [-0.25, -0.2) is 0 Å². The molecule has 0 aromatic rings. The van der Waals surface area contributed by atoms with Crippen LogP contribution in [0.5, 0.6) is 0 Å². The molecule has 2 unspecified atom stereocenters. The molecule has 0 N–H and O–H groups in total. The number of rotatable bonds is 0. The molecule has 1 heterocycles. The minimum absolute atomic E-state index is 0.753. The summed E-state index contributed by atoms with van der Waals surface area (Å²) in [6.07, 6.45) is 14.0. The van der Waals surface area contributed by atoms with Crippen molar-refractivity contribution in [1.82, 2.24) is 0 Å². The van der Waals surface area contributed by atoms with Crippen molar-refractivity contribution in [2.45, 2.75) is 38.5 Å². The Kier molecular flexibility index (Phi) is 1.34. The van der Waals surface area contributed by atoms with E-state index in [4.69, 9.17) is 0 Å². The SMILES string of the molecule is C1=CCC23CSCC2(C1)CC1(CC1)C3. The average molecular weight is 206 g/mol. The molecule has 1 heteroatoms. The molecule has 1 aliphatic heterocycles. The van der Waals surface area contributed by atoms with Gasteiger partial charge in [0.05, 0.1) is 0 Å². The highest BCUT2D eigenvalue weighted by Gasteiger charge is 2.68. The van der Waals surface area contributed by atoms with E-state index < -0.39 is 0 Å². The lowest BCUT2D eigenvalue weighted by Crippen LogP contribution is -2.37. The van der Waals surface area contributed by atoms with Crippen LogP contribution in [-0.4, -0.2) is 11.5 Å². The molecular weight excluding hydrogens is 188 g/mol. The number of hydrogen-bond acceptors (Lipinski definition) is 1.